The Kier molecular flexibility index (Phi) is 6.68. The van der Waals surface area contributed by atoms with Crippen LogP contribution in [-0.4, -0.2) is 17.8 Å². The van der Waals surface area contributed by atoms with Crippen LogP contribution >= 0.6 is 12.4 Å². The maximum atomic E-state index is 8.86. The zero-order chi connectivity index (χ0) is 8.81. The number of furan rings is 1. The molecule has 13 heavy (non-hydrogen) atoms. The molecular formula is C9H16ClNO2. The number of aliphatic hydroxyl groups excluding tert-OH is 1. The standard InChI is InChI=1S/C9H15NO2.ClH/c1-2-8(7-11)10-6-9-4-3-5-12-9;/h3-5,8,10-11H,2,6-7H2,1H3;1H. The largest absolute Gasteiger partial charge is 0.468 e. The van der Waals surface area contributed by atoms with Gasteiger partial charge in [-0.05, 0) is 18.6 Å². The smallest absolute Gasteiger partial charge is 0.117 e. The van der Waals surface area contributed by atoms with Crippen molar-refractivity contribution in [1.82, 2.24) is 5.32 Å². The summed E-state index contributed by atoms with van der Waals surface area (Å²) >= 11 is 0. The van der Waals surface area contributed by atoms with Gasteiger partial charge in [0, 0.05) is 6.04 Å². The summed E-state index contributed by atoms with van der Waals surface area (Å²) in [7, 11) is 0. The molecule has 1 rings (SSSR count). The van der Waals surface area contributed by atoms with Crippen LogP contribution in [0.1, 0.15) is 19.1 Å². The normalized spacial score (nSPS) is 12.2. The molecule has 0 aliphatic rings. The highest BCUT2D eigenvalue weighted by molar-refractivity contribution is 5.85. The Bertz CT molecular complexity index is 197. The molecule has 0 amide bonds. The van der Waals surface area contributed by atoms with Crippen molar-refractivity contribution < 1.29 is 9.52 Å². The minimum atomic E-state index is 0. The van der Waals surface area contributed by atoms with E-state index in [1.54, 1.807) is 6.26 Å². The number of rotatable bonds is 5. The summed E-state index contributed by atoms with van der Waals surface area (Å²) in [4.78, 5) is 0. The Morgan fingerprint density at radius 1 is 1.62 bits per heavy atom. The van der Waals surface area contributed by atoms with Crippen LogP contribution in [0, 0.1) is 0 Å². The fraction of sp³-hybridized carbons (Fsp3) is 0.556. The summed E-state index contributed by atoms with van der Waals surface area (Å²) in [6.07, 6.45) is 2.58. The lowest BCUT2D eigenvalue weighted by molar-refractivity contribution is 0.235. The predicted octanol–water partition coefficient (Wildman–Crippen LogP) is 1.56. The summed E-state index contributed by atoms with van der Waals surface area (Å²) in [5.41, 5.74) is 0. The molecule has 76 valence electrons. The van der Waals surface area contributed by atoms with Crippen LogP contribution in [0.2, 0.25) is 0 Å². The minimum absolute atomic E-state index is 0. The van der Waals surface area contributed by atoms with Crippen molar-refractivity contribution >= 4 is 12.4 Å². The molecule has 0 spiro atoms. The van der Waals surface area contributed by atoms with Crippen LogP contribution in [0.3, 0.4) is 0 Å². The number of hydrogen-bond acceptors (Lipinski definition) is 3. The average Bonchev–Trinajstić information content (AvgIpc) is 2.59. The zero-order valence-electron chi connectivity index (χ0n) is 7.69. The molecule has 2 N–H and O–H groups in total. The molecule has 1 unspecified atom stereocenters. The van der Waals surface area contributed by atoms with Crippen LogP contribution < -0.4 is 5.32 Å². The highest BCUT2D eigenvalue weighted by Crippen LogP contribution is 2.00. The second kappa shape index (κ2) is 6.95. The van der Waals surface area contributed by atoms with Crippen LogP contribution in [0.15, 0.2) is 22.8 Å². The van der Waals surface area contributed by atoms with Gasteiger partial charge < -0.3 is 14.8 Å². The molecule has 0 saturated carbocycles. The van der Waals surface area contributed by atoms with Gasteiger partial charge in [0.25, 0.3) is 0 Å². The van der Waals surface area contributed by atoms with Gasteiger partial charge in [-0.2, -0.15) is 0 Å². The van der Waals surface area contributed by atoms with Crippen molar-refractivity contribution in [3.05, 3.63) is 24.2 Å². The lowest BCUT2D eigenvalue weighted by Gasteiger charge is -2.11. The minimum Gasteiger partial charge on any atom is -0.468 e. The molecule has 1 atom stereocenters. The van der Waals surface area contributed by atoms with Gasteiger partial charge in [0.05, 0.1) is 19.4 Å². The van der Waals surface area contributed by atoms with E-state index >= 15 is 0 Å². The Balaban J connectivity index is 0.00000144. The van der Waals surface area contributed by atoms with E-state index in [-0.39, 0.29) is 25.1 Å². The summed E-state index contributed by atoms with van der Waals surface area (Å²) in [6, 6.07) is 3.95. The zero-order valence-corrected chi connectivity index (χ0v) is 8.51. The maximum absolute atomic E-state index is 8.86. The van der Waals surface area contributed by atoms with E-state index in [9.17, 15) is 0 Å². The number of hydrogen-bond donors (Lipinski definition) is 2. The quantitative estimate of drug-likeness (QED) is 0.767. The third-order valence-electron chi connectivity index (χ3n) is 1.86. The van der Waals surface area contributed by atoms with Crippen LogP contribution in [0.25, 0.3) is 0 Å². The summed E-state index contributed by atoms with van der Waals surface area (Å²) in [5.74, 6) is 0.905. The fourth-order valence-electron chi connectivity index (χ4n) is 0.996. The first-order valence-corrected chi connectivity index (χ1v) is 4.23. The Morgan fingerprint density at radius 2 is 2.38 bits per heavy atom. The summed E-state index contributed by atoms with van der Waals surface area (Å²) < 4.78 is 5.13. The molecule has 0 saturated heterocycles. The van der Waals surface area contributed by atoms with E-state index in [0.717, 1.165) is 12.2 Å². The summed E-state index contributed by atoms with van der Waals surface area (Å²) in [5, 5.41) is 12.0. The van der Waals surface area contributed by atoms with Gasteiger partial charge in [-0.3, -0.25) is 0 Å². The molecular weight excluding hydrogens is 190 g/mol. The number of halogens is 1. The van der Waals surface area contributed by atoms with Gasteiger partial charge in [-0.1, -0.05) is 6.92 Å². The molecule has 0 fully saturated rings. The molecule has 0 aliphatic carbocycles. The van der Waals surface area contributed by atoms with Crippen LogP contribution in [-0.2, 0) is 6.54 Å². The third kappa shape index (κ3) is 4.31. The number of nitrogens with one attached hydrogen (secondary N) is 1. The second-order valence-electron chi connectivity index (χ2n) is 2.75. The van der Waals surface area contributed by atoms with E-state index in [4.69, 9.17) is 9.52 Å². The van der Waals surface area contributed by atoms with E-state index in [1.165, 1.54) is 0 Å². The van der Waals surface area contributed by atoms with E-state index in [1.807, 2.05) is 19.1 Å². The number of aliphatic hydroxyl groups is 1. The highest BCUT2D eigenvalue weighted by atomic mass is 35.5. The van der Waals surface area contributed by atoms with Crippen molar-refractivity contribution in [2.45, 2.75) is 25.9 Å². The van der Waals surface area contributed by atoms with Gasteiger partial charge in [0.1, 0.15) is 5.76 Å². The predicted molar refractivity (Wildman–Crippen MR) is 54.0 cm³/mol. The monoisotopic (exact) mass is 205 g/mol. The second-order valence-corrected chi connectivity index (χ2v) is 2.75. The Labute approximate surface area is 84.5 Å². The fourth-order valence-corrected chi connectivity index (χ4v) is 0.996. The van der Waals surface area contributed by atoms with E-state index in [2.05, 4.69) is 5.32 Å². The topological polar surface area (TPSA) is 45.4 Å². The molecule has 1 heterocycles. The summed E-state index contributed by atoms with van der Waals surface area (Å²) in [6.45, 7) is 2.90. The lowest BCUT2D eigenvalue weighted by atomic mass is 10.2. The molecule has 4 heteroatoms. The molecule has 1 aromatic heterocycles. The van der Waals surface area contributed by atoms with Crippen molar-refractivity contribution in [2.24, 2.45) is 0 Å². The van der Waals surface area contributed by atoms with E-state index < -0.39 is 0 Å². The molecule has 0 aliphatic heterocycles. The van der Waals surface area contributed by atoms with Gasteiger partial charge >= 0.3 is 0 Å². The highest BCUT2D eigenvalue weighted by Gasteiger charge is 2.03. The maximum Gasteiger partial charge on any atom is 0.117 e. The molecule has 3 nitrogen and oxygen atoms in total. The molecule has 0 bridgehead atoms. The van der Waals surface area contributed by atoms with Gasteiger partial charge in [-0.15, -0.1) is 12.4 Å². The van der Waals surface area contributed by atoms with Gasteiger partial charge in [-0.25, -0.2) is 0 Å². The molecule has 0 radical (unpaired) electrons. The average molecular weight is 206 g/mol. The SMILES string of the molecule is CCC(CO)NCc1ccco1.Cl. The van der Waals surface area contributed by atoms with Crippen molar-refractivity contribution in [2.75, 3.05) is 6.61 Å². The lowest BCUT2D eigenvalue weighted by Crippen LogP contribution is -2.30. The first-order chi connectivity index (χ1) is 5.86. The van der Waals surface area contributed by atoms with Crippen LogP contribution in [0.5, 0.6) is 0 Å². The third-order valence-corrected chi connectivity index (χ3v) is 1.86. The van der Waals surface area contributed by atoms with Gasteiger partial charge in [0.15, 0.2) is 0 Å². The first kappa shape index (κ1) is 12.5. The van der Waals surface area contributed by atoms with Crippen molar-refractivity contribution in [3.8, 4) is 0 Å². The molecule has 1 aromatic rings. The molecule has 0 aromatic carbocycles. The van der Waals surface area contributed by atoms with E-state index in [0.29, 0.717) is 6.54 Å². The van der Waals surface area contributed by atoms with Gasteiger partial charge in [0.2, 0.25) is 0 Å². The first-order valence-electron chi connectivity index (χ1n) is 4.23. The van der Waals surface area contributed by atoms with Crippen molar-refractivity contribution in [1.29, 1.82) is 0 Å². The Morgan fingerprint density at radius 3 is 2.85 bits per heavy atom. The Hall–Kier alpha value is -0.510. The van der Waals surface area contributed by atoms with Crippen LogP contribution in [0.4, 0.5) is 0 Å². The van der Waals surface area contributed by atoms with Crippen molar-refractivity contribution in [3.63, 3.8) is 0 Å².